The van der Waals surface area contributed by atoms with Crippen LogP contribution in [0.3, 0.4) is 0 Å². The first-order valence-corrected chi connectivity index (χ1v) is 5.53. The van der Waals surface area contributed by atoms with E-state index in [1.54, 1.807) is 0 Å². The first-order chi connectivity index (χ1) is 6.38. The van der Waals surface area contributed by atoms with E-state index in [1.165, 1.54) is 36.8 Å². The average molecular weight is 195 g/mol. The van der Waals surface area contributed by atoms with Crippen LogP contribution in [-0.4, -0.2) is 0 Å². The molecule has 70 valence electrons. The third-order valence-electron chi connectivity index (χ3n) is 2.80. The summed E-state index contributed by atoms with van der Waals surface area (Å²) in [5, 5.41) is 0.247. The molecule has 1 aliphatic carbocycles. The number of halogens is 1. The minimum Gasteiger partial charge on any atom is -0.118 e. The van der Waals surface area contributed by atoms with Crippen LogP contribution in [0.2, 0.25) is 0 Å². The van der Waals surface area contributed by atoms with E-state index in [0.717, 1.165) is 6.42 Å². The van der Waals surface area contributed by atoms with Crippen LogP contribution in [0.25, 0.3) is 0 Å². The van der Waals surface area contributed by atoms with E-state index in [2.05, 4.69) is 24.3 Å². The Balaban J connectivity index is 2.31. The highest BCUT2D eigenvalue weighted by Crippen LogP contribution is 2.32. The van der Waals surface area contributed by atoms with Crippen molar-refractivity contribution in [1.29, 1.82) is 0 Å². The Hall–Kier alpha value is -0.490. The Kier molecular flexibility index (Phi) is 2.90. The molecule has 0 bridgehead atoms. The van der Waals surface area contributed by atoms with E-state index in [1.807, 2.05) is 0 Å². The summed E-state index contributed by atoms with van der Waals surface area (Å²) >= 11 is 6.32. The summed E-state index contributed by atoms with van der Waals surface area (Å²) in [6, 6.07) is 8.61. The highest BCUT2D eigenvalue weighted by molar-refractivity contribution is 6.20. The maximum Gasteiger partial charge on any atom is 0.0587 e. The van der Waals surface area contributed by atoms with Crippen LogP contribution in [0, 0.1) is 0 Å². The summed E-state index contributed by atoms with van der Waals surface area (Å²) in [5.41, 5.74) is 2.83. The maximum absolute atomic E-state index is 6.32. The van der Waals surface area contributed by atoms with E-state index in [4.69, 9.17) is 11.6 Å². The summed E-state index contributed by atoms with van der Waals surface area (Å²) in [6.45, 7) is 0. The van der Waals surface area contributed by atoms with Gasteiger partial charge in [0.25, 0.3) is 0 Å². The van der Waals surface area contributed by atoms with Crippen molar-refractivity contribution < 1.29 is 0 Å². The van der Waals surface area contributed by atoms with Gasteiger partial charge in [-0.05, 0) is 30.4 Å². The summed E-state index contributed by atoms with van der Waals surface area (Å²) in [5.74, 6) is 0. The smallest absolute Gasteiger partial charge is 0.0587 e. The molecule has 1 aromatic rings. The Labute approximate surface area is 84.9 Å². The average Bonchev–Trinajstić information content (AvgIpc) is 2.14. The van der Waals surface area contributed by atoms with Crippen molar-refractivity contribution in [2.24, 2.45) is 0 Å². The van der Waals surface area contributed by atoms with Crippen molar-refractivity contribution in [3.8, 4) is 0 Å². The predicted octanol–water partition coefficient (Wildman–Crippen LogP) is 4.08. The zero-order valence-electron chi connectivity index (χ0n) is 7.80. The second-order valence-electron chi connectivity index (χ2n) is 3.77. The van der Waals surface area contributed by atoms with Gasteiger partial charge in [0.2, 0.25) is 0 Å². The molecule has 0 saturated carbocycles. The minimum atomic E-state index is 0.247. The lowest BCUT2D eigenvalue weighted by Gasteiger charge is -2.17. The molecule has 13 heavy (non-hydrogen) atoms. The number of benzene rings is 1. The summed E-state index contributed by atoms with van der Waals surface area (Å²) in [7, 11) is 0. The van der Waals surface area contributed by atoms with Crippen molar-refractivity contribution in [2.75, 3.05) is 0 Å². The van der Waals surface area contributed by atoms with E-state index >= 15 is 0 Å². The molecule has 0 aromatic heterocycles. The fourth-order valence-corrected chi connectivity index (χ4v) is 2.41. The van der Waals surface area contributed by atoms with Crippen LogP contribution < -0.4 is 0 Å². The molecular weight excluding hydrogens is 180 g/mol. The van der Waals surface area contributed by atoms with Gasteiger partial charge in [0.15, 0.2) is 0 Å². The normalized spacial score (nSPS) is 23.0. The SMILES string of the molecule is ClC1CCCCCc2ccccc21. The number of hydrogen-bond donors (Lipinski definition) is 0. The molecule has 0 heterocycles. The Bertz CT molecular complexity index is 280. The first-order valence-electron chi connectivity index (χ1n) is 5.10. The minimum absolute atomic E-state index is 0.247. The molecule has 0 nitrogen and oxygen atoms in total. The Morgan fingerprint density at radius 3 is 2.85 bits per heavy atom. The van der Waals surface area contributed by atoms with Crippen LogP contribution in [0.4, 0.5) is 0 Å². The van der Waals surface area contributed by atoms with Crippen molar-refractivity contribution in [1.82, 2.24) is 0 Å². The lowest BCUT2D eigenvalue weighted by Crippen LogP contribution is -2.01. The number of hydrogen-bond acceptors (Lipinski definition) is 0. The summed E-state index contributed by atoms with van der Waals surface area (Å²) in [4.78, 5) is 0. The van der Waals surface area contributed by atoms with Crippen molar-refractivity contribution >= 4 is 11.6 Å². The molecule has 1 heteroatoms. The highest BCUT2D eigenvalue weighted by Gasteiger charge is 2.13. The molecule has 0 aliphatic heterocycles. The second-order valence-corrected chi connectivity index (χ2v) is 4.29. The van der Waals surface area contributed by atoms with Crippen molar-refractivity contribution in [3.05, 3.63) is 35.4 Å². The van der Waals surface area contributed by atoms with E-state index in [-0.39, 0.29) is 5.38 Å². The zero-order chi connectivity index (χ0) is 9.10. The van der Waals surface area contributed by atoms with Gasteiger partial charge in [-0.3, -0.25) is 0 Å². The molecule has 1 aromatic carbocycles. The molecule has 0 radical (unpaired) electrons. The van der Waals surface area contributed by atoms with Gasteiger partial charge in [-0.2, -0.15) is 0 Å². The molecule has 0 saturated heterocycles. The van der Waals surface area contributed by atoms with E-state index in [9.17, 15) is 0 Å². The van der Waals surface area contributed by atoms with Gasteiger partial charge in [-0.15, -0.1) is 11.6 Å². The lowest BCUT2D eigenvalue weighted by molar-refractivity contribution is 0.607. The van der Waals surface area contributed by atoms with Crippen molar-refractivity contribution in [2.45, 2.75) is 37.5 Å². The Morgan fingerprint density at radius 2 is 1.92 bits per heavy atom. The van der Waals surface area contributed by atoms with Gasteiger partial charge >= 0.3 is 0 Å². The molecule has 0 fully saturated rings. The summed E-state index contributed by atoms with van der Waals surface area (Å²) in [6.07, 6.45) is 6.28. The molecule has 0 spiro atoms. The quantitative estimate of drug-likeness (QED) is 0.546. The van der Waals surface area contributed by atoms with Gasteiger partial charge < -0.3 is 0 Å². The third kappa shape index (κ3) is 2.05. The Morgan fingerprint density at radius 1 is 1.08 bits per heavy atom. The summed E-state index contributed by atoms with van der Waals surface area (Å²) < 4.78 is 0. The van der Waals surface area contributed by atoms with Crippen LogP contribution in [-0.2, 0) is 6.42 Å². The second kappa shape index (κ2) is 4.15. The van der Waals surface area contributed by atoms with E-state index < -0.39 is 0 Å². The van der Waals surface area contributed by atoms with Gasteiger partial charge in [0, 0.05) is 0 Å². The monoisotopic (exact) mass is 194 g/mol. The van der Waals surface area contributed by atoms with Gasteiger partial charge in [-0.25, -0.2) is 0 Å². The first kappa shape index (κ1) is 9.08. The molecule has 1 aliphatic rings. The number of alkyl halides is 1. The van der Waals surface area contributed by atoms with Crippen LogP contribution >= 0.6 is 11.6 Å². The zero-order valence-corrected chi connectivity index (χ0v) is 8.56. The standard InChI is InChI=1S/C12H15Cl/c13-12-9-3-1-2-6-10-7-4-5-8-11(10)12/h4-5,7-8,12H,1-3,6,9H2. The van der Waals surface area contributed by atoms with Crippen LogP contribution in [0.1, 0.15) is 42.2 Å². The molecule has 0 amide bonds. The van der Waals surface area contributed by atoms with E-state index in [0.29, 0.717) is 0 Å². The molecule has 1 unspecified atom stereocenters. The van der Waals surface area contributed by atoms with Gasteiger partial charge in [0.05, 0.1) is 5.38 Å². The topological polar surface area (TPSA) is 0 Å². The predicted molar refractivity (Wildman–Crippen MR) is 57.2 cm³/mol. The van der Waals surface area contributed by atoms with Gasteiger partial charge in [0.1, 0.15) is 0 Å². The van der Waals surface area contributed by atoms with Gasteiger partial charge in [-0.1, -0.05) is 37.1 Å². The lowest BCUT2D eigenvalue weighted by atomic mass is 9.93. The molecule has 2 rings (SSSR count). The molecule has 1 atom stereocenters. The maximum atomic E-state index is 6.32. The molecular formula is C12H15Cl. The van der Waals surface area contributed by atoms with Crippen molar-refractivity contribution in [3.63, 3.8) is 0 Å². The highest BCUT2D eigenvalue weighted by atomic mass is 35.5. The third-order valence-corrected chi connectivity index (χ3v) is 3.25. The van der Waals surface area contributed by atoms with Crippen LogP contribution in [0.5, 0.6) is 0 Å². The fraction of sp³-hybridized carbons (Fsp3) is 0.500. The number of rotatable bonds is 0. The molecule has 0 N–H and O–H groups in total. The number of aryl methyl sites for hydroxylation is 1. The largest absolute Gasteiger partial charge is 0.118 e. The van der Waals surface area contributed by atoms with Crippen LogP contribution in [0.15, 0.2) is 24.3 Å². The fourth-order valence-electron chi connectivity index (χ4n) is 2.04. The number of fused-ring (bicyclic) bond motifs is 1.